The average molecular weight is 209 g/mol. The van der Waals surface area contributed by atoms with Gasteiger partial charge < -0.3 is 9.84 Å². The molecule has 0 aliphatic rings. The molecule has 0 spiro atoms. The zero-order valence-electron chi connectivity index (χ0n) is 8.43. The molecule has 0 aliphatic carbocycles. The summed E-state index contributed by atoms with van der Waals surface area (Å²) in [7, 11) is 1.38. The first-order valence-electron chi connectivity index (χ1n) is 4.25. The first-order chi connectivity index (χ1) is 7.05. The summed E-state index contributed by atoms with van der Waals surface area (Å²) in [5.41, 5.74) is -1.23. The van der Waals surface area contributed by atoms with E-state index in [1.807, 2.05) is 0 Å². The Labute approximate surface area is 86.7 Å². The molecule has 5 heteroatoms. The number of carbonyl (C=O) groups is 1. The Morgan fingerprint density at radius 3 is 2.67 bits per heavy atom. The summed E-state index contributed by atoms with van der Waals surface area (Å²) in [5.74, 6) is 0.254. The average Bonchev–Trinajstić information content (AvgIpc) is 2.28. The monoisotopic (exact) mass is 209 g/mol. The number of aldehydes is 1. The summed E-state index contributed by atoms with van der Waals surface area (Å²) >= 11 is 0. The van der Waals surface area contributed by atoms with E-state index in [0.29, 0.717) is 11.8 Å². The molecule has 1 aromatic carbocycles. The third-order valence-corrected chi connectivity index (χ3v) is 2.05. The Kier molecular flexibility index (Phi) is 3.16. The van der Waals surface area contributed by atoms with Crippen molar-refractivity contribution < 1.29 is 14.6 Å². The van der Waals surface area contributed by atoms with Crippen LogP contribution in [0.15, 0.2) is 23.4 Å². The van der Waals surface area contributed by atoms with E-state index in [-0.39, 0.29) is 11.3 Å². The van der Waals surface area contributed by atoms with Crippen LogP contribution in [0.5, 0.6) is 5.75 Å². The minimum Gasteiger partial charge on any atom is -0.496 e. The molecule has 0 heterocycles. The van der Waals surface area contributed by atoms with Gasteiger partial charge >= 0.3 is 0 Å². The van der Waals surface area contributed by atoms with Crippen LogP contribution in [0.1, 0.15) is 22.8 Å². The largest absolute Gasteiger partial charge is 0.496 e. The van der Waals surface area contributed by atoms with E-state index < -0.39 is 5.72 Å². The van der Waals surface area contributed by atoms with Gasteiger partial charge in [0, 0.05) is 5.56 Å². The highest BCUT2D eigenvalue weighted by atomic mass is 16.5. The van der Waals surface area contributed by atoms with E-state index in [1.165, 1.54) is 32.2 Å². The minimum atomic E-state index is -1.85. The maximum atomic E-state index is 10.5. The predicted octanol–water partition coefficient (Wildman–Crippen LogP) is 1.44. The van der Waals surface area contributed by atoms with E-state index in [0.717, 1.165) is 0 Å². The van der Waals surface area contributed by atoms with E-state index in [4.69, 9.17) is 4.74 Å². The van der Waals surface area contributed by atoms with Gasteiger partial charge in [0.1, 0.15) is 12.0 Å². The molecule has 1 atom stereocenters. The molecule has 0 fully saturated rings. The normalized spacial score (nSPS) is 14.1. The van der Waals surface area contributed by atoms with E-state index >= 15 is 0 Å². The smallest absolute Gasteiger partial charge is 0.224 e. The van der Waals surface area contributed by atoms with Crippen molar-refractivity contribution in [3.63, 3.8) is 0 Å². The number of benzene rings is 1. The Hall–Kier alpha value is -1.75. The highest BCUT2D eigenvalue weighted by molar-refractivity contribution is 5.76. The number of methoxy groups -OCH3 is 1. The molecular formula is C10H11NO4. The van der Waals surface area contributed by atoms with Gasteiger partial charge in [0.15, 0.2) is 0 Å². The highest BCUT2D eigenvalue weighted by Crippen LogP contribution is 2.31. The maximum Gasteiger partial charge on any atom is 0.224 e. The van der Waals surface area contributed by atoms with Crippen LogP contribution in [0.25, 0.3) is 0 Å². The van der Waals surface area contributed by atoms with E-state index in [1.54, 1.807) is 0 Å². The standard InChI is InChI=1S/C10H11NO4/c1-10(13,11-14)8-4-3-7(6-12)5-9(8)15-2/h3-6,13H,1-2H3. The van der Waals surface area contributed by atoms with E-state index in [9.17, 15) is 14.8 Å². The predicted molar refractivity (Wildman–Crippen MR) is 53.7 cm³/mol. The molecule has 0 aromatic heterocycles. The van der Waals surface area contributed by atoms with Crippen LogP contribution in [0.2, 0.25) is 0 Å². The van der Waals surface area contributed by atoms with Gasteiger partial charge in [0.05, 0.1) is 12.7 Å². The summed E-state index contributed by atoms with van der Waals surface area (Å²) in [4.78, 5) is 20.9. The number of rotatable bonds is 4. The molecular weight excluding hydrogens is 198 g/mol. The molecule has 0 saturated heterocycles. The van der Waals surface area contributed by atoms with Crippen molar-refractivity contribution in [1.82, 2.24) is 0 Å². The third kappa shape index (κ3) is 2.19. The van der Waals surface area contributed by atoms with Crippen LogP contribution < -0.4 is 4.74 Å². The summed E-state index contributed by atoms with van der Waals surface area (Å²) in [5, 5.41) is 12.2. The third-order valence-electron chi connectivity index (χ3n) is 2.05. The lowest BCUT2D eigenvalue weighted by atomic mass is 10.0. The van der Waals surface area contributed by atoms with Gasteiger partial charge in [-0.25, -0.2) is 0 Å². The molecule has 0 amide bonds. The lowest BCUT2D eigenvalue weighted by Crippen LogP contribution is -2.18. The Morgan fingerprint density at radius 2 is 2.20 bits per heavy atom. The second-order valence-corrected chi connectivity index (χ2v) is 3.19. The van der Waals surface area contributed by atoms with Crippen LogP contribution in [-0.4, -0.2) is 18.5 Å². The van der Waals surface area contributed by atoms with Crippen molar-refractivity contribution in [2.75, 3.05) is 7.11 Å². The molecule has 0 bridgehead atoms. The van der Waals surface area contributed by atoms with Crippen LogP contribution >= 0.6 is 0 Å². The van der Waals surface area contributed by atoms with Crippen molar-refractivity contribution in [3.8, 4) is 5.75 Å². The summed E-state index contributed by atoms with van der Waals surface area (Å²) in [6, 6.07) is 4.34. The van der Waals surface area contributed by atoms with Crippen LogP contribution in [0.3, 0.4) is 0 Å². The van der Waals surface area contributed by atoms with Crippen molar-refractivity contribution in [1.29, 1.82) is 0 Å². The first-order valence-corrected chi connectivity index (χ1v) is 4.25. The van der Waals surface area contributed by atoms with Gasteiger partial charge in [-0.1, -0.05) is 6.07 Å². The maximum absolute atomic E-state index is 10.5. The molecule has 15 heavy (non-hydrogen) atoms. The molecule has 5 nitrogen and oxygen atoms in total. The van der Waals surface area contributed by atoms with Crippen LogP contribution in [0.4, 0.5) is 0 Å². The van der Waals surface area contributed by atoms with Gasteiger partial charge in [0.2, 0.25) is 5.72 Å². The van der Waals surface area contributed by atoms with Gasteiger partial charge in [-0.15, -0.1) is 4.91 Å². The molecule has 1 rings (SSSR count). The highest BCUT2D eigenvalue weighted by Gasteiger charge is 2.27. The van der Waals surface area contributed by atoms with Gasteiger partial charge in [-0.3, -0.25) is 4.79 Å². The van der Waals surface area contributed by atoms with Crippen molar-refractivity contribution in [3.05, 3.63) is 34.2 Å². The second kappa shape index (κ2) is 4.18. The number of nitroso groups, excluding NO2 is 1. The second-order valence-electron chi connectivity index (χ2n) is 3.19. The fraction of sp³-hybridized carbons (Fsp3) is 0.300. The fourth-order valence-corrected chi connectivity index (χ4v) is 1.22. The van der Waals surface area contributed by atoms with Crippen molar-refractivity contribution in [2.24, 2.45) is 5.18 Å². The van der Waals surface area contributed by atoms with Crippen LogP contribution in [-0.2, 0) is 5.72 Å². The number of carbonyl (C=O) groups excluding carboxylic acids is 1. The molecule has 1 aromatic rings. The van der Waals surface area contributed by atoms with Crippen molar-refractivity contribution in [2.45, 2.75) is 12.6 Å². The molecule has 0 aliphatic heterocycles. The Morgan fingerprint density at radius 1 is 1.53 bits per heavy atom. The number of hydrogen-bond acceptors (Lipinski definition) is 5. The first kappa shape index (κ1) is 11.3. The van der Waals surface area contributed by atoms with Crippen molar-refractivity contribution >= 4 is 6.29 Å². The Bertz CT molecular complexity index is 387. The van der Waals surface area contributed by atoms with Crippen LogP contribution in [0, 0.1) is 4.91 Å². The van der Waals surface area contributed by atoms with E-state index in [2.05, 4.69) is 5.18 Å². The molecule has 0 saturated carbocycles. The SMILES string of the molecule is COc1cc(C=O)ccc1C(C)(O)N=O. The number of hydrogen-bond donors (Lipinski definition) is 1. The zero-order valence-corrected chi connectivity index (χ0v) is 8.43. The van der Waals surface area contributed by atoms with Gasteiger partial charge in [-0.05, 0) is 24.2 Å². The molecule has 80 valence electrons. The molecule has 1 unspecified atom stereocenters. The lowest BCUT2D eigenvalue weighted by molar-refractivity contribution is 0.0627. The fourth-order valence-electron chi connectivity index (χ4n) is 1.22. The summed E-state index contributed by atoms with van der Waals surface area (Å²) < 4.78 is 4.96. The number of ether oxygens (including phenoxy) is 1. The summed E-state index contributed by atoms with van der Waals surface area (Å²) in [6.07, 6.45) is 0.648. The number of nitrogens with zero attached hydrogens (tertiary/aromatic N) is 1. The number of aliphatic hydroxyl groups is 1. The molecule has 0 radical (unpaired) electrons. The van der Waals surface area contributed by atoms with Gasteiger partial charge in [-0.2, -0.15) is 0 Å². The minimum absolute atomic E-state index is 0.227. The molecule has 1 N–H and O–H groups in total. The quantitative estimate of drug-likeness (QED) is 0.601. The lowest BCUT2D eigenvalue weighted by Gasteiger charge is -2.17. The topological polar surface area (TPSA) is 76.0 Å². The zero-order chi connectivity index (χ0) is 11.5. The van der Waals surface area contributed by atoms with Gasteiger partial charge in [0.25, 0.3) is 0 Å². The Balaban J connectivity index is 3.30. The summed E-state index contributed by atoms with van der Waals surface area (Å²) in [6.45, 7) is 1.25.